The first-order chi connectivity index (χ1) is 15.3. The highest BCUT2D eigenvalue weighted by molar-refractivity contribution is 5.83. The van der Waals surface area contributed by atoms with E-state index < -0.39 is 24.4 Å². The zero-order valence-electron chi connectivity index (χ0n) is 21.6. The first-order valence-corrected chi connectivity index (χ1v) is 13.6. The van der Waals surface area contributed by atoms with Gasteiger partial charge < -0.3 is 20.4 Å². The Labute approximate surface area is 200 Å². The van der Waals surface area contributed by atoms with Crippen LogP contribution in [-0.2, 0) is 4.79 Å². The van der Waals surface area contributed by atoms with Crippen LogP contribution in [0.5, 0.6) is 0 Å². The molecule has 4 aliphatic carbocycles. The highest BCUT2D eigenvalue weighted by atomic mass is 16.3. The van der Waals surface area contributed by atoms with Crippen molar-refractivity contribution in [2.45, 2.75) is 111 Å². The largest absolute Gasteiger partial charge is 0.390 e. The maximum absolute atomic E-state index is 13.3. The number of carbonyl (C=O) groups is 1. The minimum Gasteiger partial charge on any atom is -0.390 e. The smallest absolute Gasteiger partial charge is 0.136 e. The Kier molecular flexibility index (Phi) is 6.88. The summed E-state index contributed by atoms with van der Waals surface area (Å²) >= 11 is 0. The zero-order chi connectivity index (χ0) is 24.5. The third-order valence-corrected chi connectivity index (χ3v) is 11.7. The van der Waals surface area contributed by atoms with E-state index in [-0.39, 0.29) is 34.4 Å². The van der Waals surface area contributed by atoms with Crippen LogP contribution in [0.4, 0.5) is 0 Å². The highest BCUT2D eigenvalue weighted by Crippen LogP contribution is 2.67. The molecule has 5 nitrogen and oxygen atoms in total. The molecule has 0 radical (unpaired) electrons. The van der Waals surface area contributed by atoms with Gasteiger partial charge in [0.2, 0.25) is 0 Å². The highest BCUT2D eigenvalue weighted by Gasteiger charge is 2.63. The maximum Gasteiger partial charge on any atom is 0.136 e. The molecule has 4 saturated carbocycles. The van der Waals surface area contributed by atoms with Gasteiger partial charge in [-0.1, -0.05) is 41.5 Å². The lowest BCUT2D eigenvalue weighted by Gasteiger charge is -2.61. The van der Waals surface area contributed by atoms with Gasteiger partial charge in [-0.3, -0.25) is 4.79 Å². The Balaban J connectivity index is 1.56. The van der Waals surface area contributed by atoms with E-state index in [0.29, 0.717) is 48.9 Å². The fourth-order valence-electron chi connectivity index (χ4n) is 9.23. The van der Waals surface area contributed by atoms with Crippen LogP contribution < -0.4 is 0 Å². The van der Waals surface area contributed by atoms with Gasteiger partial charge in [-0.05, 0) is 90.8 Å². The van der Waals surface area contributed by atoms with Gasteiger partial charge in [0.25, 0.3) is 0 Å². The SMILES string of the molecule is CC(C)[C@@H](C)[C@@H](O)[C@H](O)[C@@H](C)[C@H]1CC[C@@H]2[C@@H]3CC(=O)[C@@H]4C[C@@H](O)[C@@H](O)C[C@]4(C)[C@H]3CC[C@]12C. The molecule has 33 heavy (non-hydrogen) atoms. The van der Waals surface area contributed by atoms with Gasteiger partial charge in [-0.15, -0.1) is 0 Å². The summed E-state index contributed by atoms with van der Waals surface area (Å²) in [5.41, 5.74) is -0.162. The topological polar surface area (TPSA) is 98.0 Å². The van der Waals surface area contributed by atoms with Gasteiger partial charge in [-0.2, -0.15) is 0 Å². The number of hydrogen-bond donors (Lipinski definition) is 4. The molecule has 0 amide bonds. The number of rotatable bonds is 5. The molecule has 0 aromatic rings. The molecule has 0 aliphatic heterocycles. The van der Waals surface area contributed by atoms with Gasteiger partial charge in [0, 0.05) is 12.3 Å². The van der Waals surface area contributed by atoms with Crippen molar-refractivity contribution in [2.75, 3.05) is 0 Å². The normalized spacial score (nSPS) is 49.1. The molecule has 13 atom stereocenters. The summed E-state index contributed by atoms with van der Waals surface area (Å²) in [6, 6.07) is 0. The summed E-state index contributed by atoms with van der Waals surface area (Å²) in [4.78, 5) is 13.3. The van der Waals surface area contributed by atoms with Crippen LogP contribution in [-0.4, -0.2) is 50.6 Å². The van der Waals surface area contributed by atoms with Crippen molar-refractivity contribution in [3.8, 4) is 0 Å². The first-order valence-electron chi connectivity index (χ1n) is 13.6. The zero-order valence-corrected chi connectivity index (χ0v) is 21.6. The number of carbonyl (C=O) groups excluding carboxylic acids is 1. The monoisotopic (exact) mass is 464 g/mol. The minimum atomic E-state index is -0.782. The quantitative estimate of drug-likeness (QED) is 0.496. The summed E-state index contributed by atoms with van der Waals surface area (Å²) in [7, 11) is 0. The fourth-order valence-corrected chi connectivity index (χ4v) is 9.23. The number of aliphatic hydroxyl groups excluding tert-OH is 4. The fraction of sp³-hybridized carbons (Fsp3) is 0.964. The van der Waals surface area contributed by atoms with E-state index in [9.17, 15) is 25.2 Å². The molecule has 190 valence electrons. The van der Waals surface area contributed by atoms with Gasteiger partial charge in [0.1, 0.15) is 5.78 Å². The predicted molar refractivity (Wildman–Crippen MR) is 128 cm³/mol. The Morgan fingerprint density at radius 1 is 0.879 bits per heavy atom. The summed E-state index contributed by atoms with van der Waals surface area (Å²) in [6.45, 7) is 12.9. The molecule has 5 heteroatoms. The van der Waals surface area contributed by atoms with E-state index in [1.807, 2.05) is 6.92 Å². The second-order valence-corrected chi connectivity index (χ2v) is 13.4. The van der Waals surface area contributed by atoms with Crippen LogP contribution in [0, 0.1) is 58.2 Å². The molecule has 0 spiro atoms. The molecule has 4 fully saturated rings. The van der Waals surface area contributed by atoms with Gasteiger partial charge >= 0.3 is 0 Å². The second-order valence-electron chi connectivity index (χ2n) is 13.4. The third-order valence-electron chi connectivity index (χ3n) is 11.7. The molecule has 4 rings (SSSR count). The van der Waals surface area contributed by atoms with Crippen LogP contribution in [0.2, 0.25) is 0 Å². The Hall–Kier alpha value is -0.490. The molecule has 0 bridgehead atoms. The molecule has 4 N–H and O–H groups in total. The molecule has 0 saturated heterocycles. The van der Waals surface area contributed by atoms with Crippen molar-refractivity contribution in [1.29, 1.82) is 0 Å². The van der Waals surface area contributed by atoms with E-state index in [0.717, 1.165) is 25.7 Å². The van der Waals surface area contributed by atoms with Crippen molar-refractivity contribution in [1.82, 2.24) is 0 Å². The average Bonchev–Trinajstić information content (AvgIpc) is 3.10. The number of aliphatic hydroxyl groups is 4. The lowest BCUT2D eigenvalue weighted by Crippen LogP contribution is -2.59. The maximum atomic E-state index is 13.3. The van der Waals surface area contributed by atoms with Gasteiger partial charge in [0.05, 0.1) is 24.4 Å². The van der Waals surface area contributed by atoms with Crippen LogP contribution in [0.3, 0.4) is 0 Å². The third kappa shape index (κ3) is 3.93. The average molecular weight is 465 g/mol. The molecule has 0 aromatic carbocycles. The number of hydrogen-bond acceptors (Lipinski definition) is 5. The Morgan fingerprint density at radius 3 is 2.15 bits per heavy atom. The van der Waals surface area contributed by atoms with E-state index in [2.05, 4.69) is 34.6 Å². The standard InChI is InChI=1S/C28H48O5/c1-14(2)15(3)25(32)26(33)16(4)18-7-8-19-17-11-22(29)21-12-23(30)24(31)13-28(21,6)20(17)9-10-27(18,19)5/h14-21,23-26,30-33H,7-13H2,1-6H3/t15-,16+,17+,18-,19-,20+,21+,23-,24+,25-,26-,27-,28-/m1/s1. The minimum absolute atomic E-state index is 0.0158. The van der Waals surface area contributed by atoms with Gasteiger partial charge in [0.15, 0.2) is 0 Å². The second kappa shape index (κ2) is 8.87. The van der Waals surface area contributed by atoms with Crippen molar-refractivity contribution in [3.63, 3.8) is 0 Å². The van der Waals surface area contributed by atoms with E-state index in [1.54, 1.807) is 0 Å². The predicted octanol–water partition coefficient (Wildman–Crippen LogP) is 3.81. The van der Waals surface area contributed by atoms with Crippen molar-refractivity contribution in [3.05, 3.63) is 0 Å². The van der Waals surface area contributed by atoms with Crippen LogP contribution in [0.1, 0.15) is 86.5 Å². The van der Waals surface area contributed by atoms with Crippen molar-refractivity contribution < 1.29 is 25.2 Å². The van der Waals surface area contributed by atoms with Crippen LogP contribution >= 0.6 is 0 Å². The number of fused-ring (bicyclic) bond motifs is 5. The molecule has 0 aromatic heterocycles. The van der Waals surface area contributed by atoms with Crippen LogP contribution in [0.15, 0.2) is 0 Å². The summed E-state index contributed by atoms with van der Waals surface area (Å²) in [5, 5.41) is 42.8. The summed E-state index contributed by atoms with van der Waals surface area (Å²) in [5.74, 6) is 2.05. The summed E-state index contributed by atoms with van der Waals surface area (Å²) in [6.07, 6.45) is 2.80. The molecular weight excluding hydrogens is 416 g/mol. The molecular formula is C28H48O5. The van der Waals surface area contributed by atoms with Gasteiger partial charge in [-0.25, -0.2) is 0 Å². The lowest BCUT2D eigenvalue weighted by atomic mass is 9.44. The Morgan fingerprint density at radius 2 is 1.52 bits per heavy atom. The molecule has 4 aliphatic rings. The lowest BCUT2D eigenvalue weighted by molar-refractivity contribution is -0.175. The van der Waals surface area contributed by atoms with E-state index >= 15 is 0 Å². The number of Topliss-reactive ketones (excluding diaryl/α,β-unsaturated/α-hetero) is 1. The van der Waals surface area contributed by atoms with E-state index in [1.165, 1.54) is 0 Å². The summed E-state index contributed by atoms with van der Waals surface area (Å²) < 4.78 is 0. The Bertz CT molecular complexity index is 738. The van der Waals surface area contributed by atoms with Crippen LogP contribution in [0.25, 0.3) is 0 Å². The first kappa shape index (κ1) is 25.6. The molecule has 0 unspecified atom stereocenters. The molecule has 0 heterocycles. The van der Waals surface area contributed by atoms with Crippen molar-refractivity contribution >= 4 is 5.78 Å². The number of ketones is 1. The van der Waals surface area contributed by atoms with Crippen molar-refractivity contribution in [2.24, 2.45) is 58.2 Å². The van der Waals surface area contributed by atoms with E-state index in [4.69, 9.17) is 0 Å².